The molecule has 2 nitrogen and oxygen atoms in total. The highest BCUT2D eigenvalue weighted by Crippen LogP contribution is 2.22. The van der Waals surface area contributed by atoms with Crippen LogP contribution in [0.15, 0.2) is 46.9 Å². The molecule has 0 unspecified atom stereocenters. The Bertz CT molecular complexity index is 616. The van der Waals surface area contributed by atoms with E-state index in [0.717, 1.165) is 0 Å². The first-order chi connectivity index (χ1) is 9.06. The summed E-state index contributed by atoms with van der Waals surface area (Å²) in [5, 5.41) is 0.496. The highest BCUT2D eigenvalue weighted by Gasteiger charge is 2.08. The molecule has 0 aliphatic carbocycles. The van der Waals surface area contributed by atoms with Crippen LogP contribution in [0, 0.1) is 5.82 Å². The smallest absolute Gasteiger partial charge is 0.200 e. The molecule has 0 aromatic heterocycles. The van der Waals surface area contributed by atoms with Crippen LogP contribution < -0.4 is 4.74 Å². The van der Waals surface area contributed by atoms with Crippen LogP contribution in [0.25, 0.3) is 0 Å². The number of rotatable bonds is 4. The summed E-state index contributed by atoms with van der Waals surface area (Å²) in [6.07, 6.45) is 0. The molecule has 0 N–H and O–H groups in total. The summed E-state index contributed by atoms with van der Waals surface area (Å²) in [6.45, 7) is -0.127. The van der Waals surface area contributed by atoms with Crippen LogP contribution in [0.3, 0.4) is 0 Å². The molecular weight excluding hydrogens is 335 g/mol. The molecule has 0 heterocycles. The van der Waals surface area contributed by atoms with E-state index in [1.807, 2.05) is 0 Å². The van der Waals surface area contributed by atoms with Crippen molar-refractivity contribution in [2.75, 3.05) is 6.61 Å². The lowest BCUT2D eigenvalue weighted by atomic mass is 10.1. The van der Waals surface area contributed by atoms with Crippen LogP contribution in [0.1, 0.15) is 10.4 Å². The van der Waals surface area contributed by atoms with Crippen LogP contribution in [0.4, 0.5) is 4.39 Å². The van der Waals surface area contributed by atoms with Gasteiger partial charge in [-0.25, -0.2) is 4.39 Å². The van der Waals surface area contributed by atoms with Gasteiger partial charge in [0, 0.05) is 10.6 Å². The van der Waals surface area contributed by atoms with E-state index in [-0.39, 0.29) is 18.2 Å². The molecule has 0 aliphatic heterocycles. The van der Waals surface area contributed by atoms with E-state index in [2.05, 4.69) is 15.9 Å². The maximum Gasteiger partial charge on any atom is 0.200 e. The third-order valence-electron chi connectivity index (χ3n) is 2.41. The monoisotopic (exact) mass is 342 g/mol. The number of benzene rings is 2. The molecule has 0 fully saturated rings. The third kappa shape index (κ3) is 3.78. The number of carbonyl (C=O) groups is 1. The maximum absolute atomic E-state index is 13.0. The lowest BCUT2D eigenvalue weighted by molar-refractivity contribution is 0.0921. The minimum Gasteiger partial charge on any atom is -0.485 e. The van der Waals surface area contributed by atoms with Crippen LogP contribution in [0.2, 0.25) is 5.02 Å². The molecule has 0 aliphatic rings. The number of ketones is 1. The number of hydrogen-bond acceptors (Lipinski definition) is 2. The summed E-state index contributed by atoms with van der Waals surface area (Å²) in [5.41, 5.74) is 0.480. The Kier molecular flexibility index (Phi) is 4.56. The molecule has 2 aromatic rings. The van der Waals surface area contributed by atoms with Gasteiger partial charge in [0.05, 0.1) is 4.47 Å². The summed E-state index contributed by atoms with van der Waals surface area (Å²) in [6, 6.07) is 10.8. The van der Waals surface area contributed by atoms with E-state index in [0.29, 0.717) is 20.8 Å². The predicted octanol–water partition coefficient (Wildman–Crippen LogP) is 4.50. The summed E-state index contributed by atoms with van der Waals surface area (Å²) >= 11 is 8.85. The van der Waals surface area contributed by atoms with Crippen molar-refractivity contribution in [2.24, 2.45) is 0 Å². The van der Waals surface area contributed by atoms with E-state index in [1.165, 1.54) is 18.2 Å². The van der Waals surface area contributed by atoms with Crippen LogP contribution in [-0.2, 0) is 0 Å². The van der Waals surface area contributed by atoms with Crippen LogP contribution in [0.5, 0.6) is 5.75 Å². The molecule has 5 heteroatoms. The topological polar surface area (TPSA) is 26.3 Å². The lowest BCUT2D eigenvalue weighted by Gasteiger charge is -2.06. The van der Waals surface area contributed by atoms with E-state index in [9.17, 15) is 9.18 Å². The van der Waals surface area contributed by atoms with Gasteiger partial charge in [-0.2, -0.15) is 0 Å². The van der Waals surface area contributed by atoms with Crippen molar-refractivity contribution in [3.8, 4) is 5.75 Å². The Morgan fingerprint density at radius 2 is 2.05 bits per heavy atom. The number of carbonyl (C=O) groups excluding carboxylic acids is 1. The van der Waals surface area contributed by atoms with Crippen molar-refractivity contribution in [2.45, 2.75) is 0 Å². The van der Waals surface area contributed by atoms with Gasteiger partial charge in [-0.1, -0.05) is 23.7 Å². The molecule has 0 radical (unpaired) electrons. The fourth-order valence-corrected chi connectivity index (χ4v) is 2.01. The Labute approximate surface area is 123 Å². The summed E-state index contributed by atoms with van der Waals surface area (Å²) in [4.78, 5) is 11.9. The van der Waals surface area contributed by atoms with E-state index < -0.39 is 0 Å². The van der Waals surface area contributed by atoms with Crippen molar-refractivity contribution in [1.82, 2.24) is 0 Å². The SMILES string of the molecule is O=C(COc1ccc(F)c(Br)c1)c1cccc(Cl)c1. The highest BCUT2D eigenvalue weighted by molar-refractivity contribution is 9.10. The second kappa shape index (κ2) is 6.17. The van der Waals surface area contributed by atoms with Gasteiger partial charge in [0.1, 0.15) is 11.6 Å². The molecule has 0 saturated heterocycles. The third-order valence-corrected chi connectivity index (χ3v) is 3.25. The number of halogens is 3. The Morgan fingerprint density at radius 3 is 2.74 bits per heavy atom. The largest absolute Gasteiger partial charge is 0.485 e. The maximum atomic E-state index is 13.0. The van der Waals surface area contributed by atoms with Gasteiger partial charge in [0.15, 0.2) is 12.4 Å². The van der Waals surface area contributed by atoms with Crippen molar-refractivity contribution in [3.05, 3.63) is 63.3 Å². The molecule has 0 bridgehead atoms. The van der Waals surface area contributed by atoms with Gasteiger partial charge in [-0.3, -0.25) is 4.79 Å². The second-order valence-electron chi connectivity index (χ2n) is 3.80. The summed E-state index contributed by atoms with van der Waals surface area (Å²) < 4.78 is 18.6. The minimum atomic E-state index is -0.381. The predicted molar refractivity (Wildman–Crippen MR) is 75.4 cm³/mol. The molecule has 2 aromatic carbocycles. The highest BCUT2D eigenvalue weighted by atomic mass is 79.9. The first-order valence-corrected chi connectivity index (χ1v) is 6.60. The van der Waals surface area contributed by atoms with Gasteiger partial charge >= 0.3 is 0 Å². The molecule has 98 valence electrons. The molecule has 0 amide bonds. The zero-order valence-electron chi connectivity index (χ0n) is 9.70. The van der Waals surface area contributed by atoms with Gasteiger partial charge in [-0.05, 0) is 46.3 Å². The van der Waals surface area contributed by atoms with Crippen molar-refractivity contribution < 1.29 is 13.9 Å². The molecule has 2 rings (SSSR count). The van der Waals surface area contributed by atoms with Crippen molar-refractivity contribution in [1.29, 1.82) is 0 Å². The fraction of sp³-hybridized carbons (Fsp3) is 0.0714. The van der Waals surface area contributed by atoms with Gasteiger partial charge < -0.3 is 4.74 Å². The fourth-order valence-electron chi connectivity index (χ4n) is 1.46. The summed E-state index contributed by atoms with van der Waals surface area (Å²) in [7, 11) is 0. The Morgan fingerprint density at radius 1 is 1.26 bits per heavy atom. The average Bonchev–Trinajstić information content (AvgIpc) is 2.40. The van der Waals surface area contributed by atoms with Crippen LogP contribution in [-0.4, -0.2) is 12.4 Å². The Hall–Kier alpha value is -1.39. The molecular formula is C14H9BrClFO2. The zero-order chi connectivity index (χ0) is 13.8. The first kappa shape index (κ1) is 14.0. The quantitative estimate of drug-likeness (QED) is 0.764. The molecule has 19 heavy (non-hydrogen) atoms. The molecule has 0 atom stereocenters. The average molecular weight is 344 g/mol. The van der Waals surface area contributed by atoms with Gasteiger partial charge in [-0.15, -0.1) is 0 Å². The van der Waals surface area contributed by atoms with Gasteiger partial charge in [0.2, 0.25) is 0 Å². The number of hydrogen-bond donors (Lipinski definition) is 0. The van der Waals surface area contributed by atoms with E-state index in [4.69, 9.17) is 16.3 Å². The van der Waals surface area contributed by atoms with Gasteiger partial charge in [0.25, 0.3) is 0 Å². The van der Waals surface area contributed by atoms with E-state index >= 15 is 0 Å². The number of ether oxygens (including phenoxy) is 1. The normalized spacial score (nSPS) is 10.3. The van der Waals surface area contributed by atoms with Crippen molar-refractivity contribution >= 4 is 33.3 Å². The van der Waals surface area contributed by atoms with Crippen LogP contribution >= 0.6 is 27.5 Å². The second-order valence-corrected chi connectivity index (χ2v) is 5.09. The Balaban J connectivity index is 2.02. The minimum absolute atomic E-state index is 0.127. The van der Waals surface area contributed by atoms with E-state index in [1.54, 1.807) is 24.3 Å². The zero-order valence-corrected chi connectivity index (χ0v) is 12.0. The summed E-state index contributed by atoms with van der Waals surface area (Å²) in [5.74, 6) is -0.153. The number of Topliss-reactive ketones (excluding diaryl/α,β-unsaturated/α-hetero) is 1. The molecule has 0 spiro atoms. The van der Waals surface area contributed by atoms with Crippen molar-refractivity contribution in [3.63, 3.8) is 0 Å². The molecule has 0 saturated carbocycles. The lowest BCUT2D eigenvalue weighted by Crippen LogP contribution is -2.11. The standard InChI is InChI=1S/C14H9BrClFO2/c15-12-7-11(4-5-13(12)17)19-8-14(18)9-2-1-3-10(16)6-9/h1-7H,8H2. The first-order valence-electron chi connectivity index (χ1n) is 5.43.